The number of rotatable bonds is 14. The van der Waals surface area contributed by atoms with Crippen molar-refractivity contribution in [3.05, 3.63) is 360 Å². The molecule has 1 heterocycles. The average molecular weight is 1950 g/mol. The van der Waals surface area contributed by atoms with Crippen LogP contribution in [0.4, 0.5) is 4.39 Å². The van der Waals surface area contributed by atoms with E-state index in [9.17, 15) is 4.39 Å². The van der Waals surface area contributed by atoms with E-state index in [2.05, 4.69) is 326 Å². The minimum atomic E-state index is -0.209. The van der Waals surface area contributed by atoms with Gasteiger partial charge in [0.2, 0.25) is 0 Å². The highest BCUT2D eigenvalue weighted by Crippen LogP contribution is 2.35. The molecule has 0 fully saturated rings. The largest absolute Gasteiger partial charge is 0.496 e. The van der Waals surface area contributed by atoms with Crippen molar-refractivity contribution in [1.29, 1.82) is 0 Å². The summed E-state index contributed by atoms with van der Waals surface area (Å²) in [5, 5.41) is 10.3. The minimum Gasteiger partial charge on any atom is -0.496 e. The van der Waals surface area contributed by atoms with Crippen molar-refractivity contribution in [2.75, 3.05) is 7.11 Å². The lowest BCUT2D eigenvalue weighted by Gasteiger charge is -2.12. The van der Waals surface area contributed by atoms with Crippen molar-refractivity contribution in [1.82, 2.24) is 0 Å². The summed E-state index contributed by atoms with van der Waals surface area (Å²) in [6, 6.07) is 67.8. The van der Waals surface area contributed by atoms with E-state index in [0.29, 0.717) is 74.2 Å². The summed E-state index contributed by atoms with van der Waals surface area (Å²) in [5.41, 5.74) is 21.2. The maximum Gasteiger partial charge on any atom is 0.123 e. The molecule has 0 saturated carbocycles. The number of benzene rings is 10. The Hall–Kier alpha value is -4.84. The molecule has 13 heteroatoms. The molecule has 0 saturated heterocycles. The van der Waals surface area contributed by atoms with E-state index < -0.39 is 0 Å². The molecule has 644 valence electrons. The Kier molecular flexibility index (Phi) is 56.4. The number of aryl methyl sites for hydroxylation is 5. The first-order valence-corrected chi connectivity index (χ1v) is 47.0. The van der Waals surface area contributed by atoms with E-state index in [4.69, 9.17) is 97.5 Å². The molecule has 0 atom stereocenters. The molecule has 118 heavy (non-hydrogen) atoms. The van der Waals surface area contributed by atoms with Crippen LogP contribution < -0.4 is 4.74 Å². The average Bonchev–Trinajstić information content (AvgIpc) is 0.963. The highest BCUT2D eigenvalue weighted by Gasteiger charge is 2.13. The van der Waals surface area contributed by atoms with E-state index >= 15 is 0 Å². The Morgan fingerprint density at radius 1 is 0.339 bits per heavy atom. The summed E-state index contributed by atoms with van der Waals surface area (Å²) in [6.45, 7) is 58.5. The van der Waals surface area contributed by atoms with Gasteiger partial charge in [0, 0.05) is 43.6 Å². The Labute approximate surface area is 781 Å². The van der Waals surface area contributed by atoms with Crippen LogP contribution in [0.5, 0.6) is 5.75 Å². The molecule has 0 N–H and O–H groups in total. The molecule has 0 aliphatic rings. The van der Waals surface area contributed by atoms with Crippen molar-refractivity contribution in [3.63, 3.8) is 0 Å². The molecular weight excluding hydrogens is 1820 g/mol. The Morgan fingerprint density at radius 3 is 1.13 bits per heavy atom. The van der Waals surface area contributed by atoms with Crippen LogP contribution in [-0.4, -0.2) is 7.11 Å². The molecule has 11 rings (SSSR count). The SMILES string of the molecule is CC(C)Cc1ccccc1Cl.CC(C)c1c(Cl)cccc1Cl.CC(C)c1ccc(Cl)cc1Cl.CC(C)c1cccc(Cl)c1Cl.CC(C)c1ccccc1I.CC(C)c1cscc1Br.CCc1ccccc1C(C)C.COc1ccc(F)cc1C(C)C.Cc1ccc(Cl)cc1C(C)C.Cc1cccc(C)c1C(C)C.Cc1ccccc1C(C)C. The predicted molar refractivity (Wildman–Crippen MR) is 544 cm³/mol. The number of methoxy groups -OCH3 is 1. The lowest BCUT2D eigenvalue weighted by molar-refractivity contribution is 0.406. The second kappa shape index (κ2) is 59.9. The predicted octanol–water partition coefficient (Wildman–Crippen LogP) is 39.6. The van der Waals surface area contributed by atoms with Gasteiger partial charge >= 0.3 is 0 Å². The van der Waals surface area contributed by atoms with E-state index in [-0.39, 0.29) is 11.7 Å². The third kappa shape index (κ3) is 42.5. The standard InChI is InChI=1S/2C11H16.2C10H13Cl.C10H13FO.C10H14.3C9H10Cl2.C9H11I.C7H9BrS/c1-8(2)11-9(3)6-5-7-10(11)4;1-4-10-7-5-6-8-11(10)9(2)3;1-7(2)10-6-9(11)5-4-8(10)3;1-8(2)7-9-5-3-4-6-10(9)11;1-7(2)9-6-8(11)4-5-10(9)12-3;1-8(2)10-7-5-4-6-9(10)3;1-6(2)8-4-3-7(10)5-9(8)11;1-6(2)9-7(10)4-3-5-8(9)11;1-6(2)7-4-3-5-8(10)9(7)11;1-7(2)8-5-3-4-6-9(8)10;1-5(2)6-3-9-4-7(6)8/h5-8H,1-4H3;5-9H,4H2,1-3H3;4-7H,1-3H3;3-6,8H,7H2,1-2H3;4-7H,1-3H3;4-8H,1-3H3;3*3-6H,1-2H3;3-7H,1-2H3;3-5H,1-2H3. The Bertz CT molecular complexity index is 4480. The fraction of sp³-hybridized carbons (Fsp3) is 0.390. The lowest BCUT2D eigenvalue weighted by atomic mass is 9.94. The molecule has 0 aliphatic carbocycles. The maximum absolute atomic E-state index is 12.8. The molecule has 1 aromatic heterocycles. The lowest BCUT2D eigenvalue weighted by Crippen LogP contribution is -1.94. The van der Waals surface area contributed by atoms with E-state index in [1.54, 1.807) is 36.6 Å². The Morgan fingerprint density at radius 2 is 0.746 bits per heavy atom. The molecular formula is C105H135BrCl8FIOS. The van der Waals surface area contributed by atoms with Gasteiger partial charge in [-0.15, -0.1) is 0 Å². The number of hydrogen-bond donors (Lipinski definition) is 0. The van der Waals surface area contributed by atoms with Crippen LogP contribution in [0, 0.1) is 43.0 Å². The van der Waals surface area contributed by atoms with Gasteiger partial charge in [-0.3, -0.25) is 0 Å². The van der Waals surface area contributed by atoms with Crippen molar-refractivity contribution in [3.8, 4) is 5.75 Å². The normalized spacial score (nSPS) is 10.6. The maximum atomic E-state index is 12.8. The third-order valence-electron chi connectivity index (χ3n) is 18.8. The monoisotopic (exact) mass is 1950 g/mol. The van der Waals surface area contributed by atoms with Gasteiger partial charge in [0.1, 0.15) is 11.6 Å². The fourth-order valence-corrected chi connectivity index (χ4v) is 17.8. The Balaban J connectivity index is 0.000000649. The summed E-state index contributed by atoms with van der Waals surface area (Å²) in [4.78, 5) is 0. The first-order valence-electron chi connectivity index (χ1n) is 41.2. The summed E-state index contributed by atoms with van der Waals surface area (Å²) in [5.74, 6) is 6.60. The van der Waals surface area contributed by atoms with Gasteiger partial charge in [0.25, 0.3) is 0 Å². The first-order chi connectivity index (χ1) is 55.3. The highest BCUT2D eigenvalue weighted by atomic mass is 127. The smallest absolute Gasteiger partial charge is 0.123 e. The number of hydrogen-bond acceptors (Lipinski definition) is 2. The van der Waals surface area contributed by atoms with E-state index in [1.807, 2.05) is 86.6 Å². The topological polar surface area (TPSA) is 9.23 Å². The van der Waals surface area contributed by atoms with Crippen molar-refractivity contribution in [2.45, 2.75) is 259 Å². The fourth-order valence-electron chi connectivity index (χ4n) is 12.5. The van der Waals surface area contributed by atoms with Gasteiger partial charge in [-0.1, -0.05) is 386 Å². The van der Waals surface area contributed by atoms with Crippen molar-refractivity contribution >= 4 is 143 Å². The van der Waals surface area contributed by atoms with Crippen LogP contribution in [0.1, 0.15) is 307 Å². The number of ether oxygens (including phenoxy) is 1. The van der Waals surface area contributed by atoms with Crippen LogP contribution in [0.15, 0.2) is 221 Å². The first kappa shape index (κ1) is 111. The molecule has 0 spiro atoms. The molecule has 10 aromatic carbocycles. The van der Waals surface area contributed by atoms with Crippen LogP contribution in [0.2, 0.25) is 40.2 Å². The van der Waals surface area contributed by atoms with Crippen LogP contribution in [0.3, 0.4) is 0 Å². The van der Waals surface area contributed by atoms with Crippen LogP contribution in [-0.2, 0) is 12.8 Å². The third-order valence-corrected chi connectivity index (χ3v) is 24.2. The molecule has 11 aromatic rings. The van der Waals surface area contributed by atoms with Crippen molar-refractivity contribution < 1.29 is 9.13 Å². The highest BCUT2D eigenvalue weighted by molar-refractivity contribution is 14.1. The van der Waals surface area contributed by atoms with E-state index in [1.165, 1.54) is 86.9 Å². The second-order valence-corrected chi connectivity index (χ2v) is 38.5. The zero-order chi connectivity index (χ0) is 89.8. The number of thiophene rings is 1. The van der Waals surface area contributed by atoms with Gasteiger partial charge in [-0.25, -0.2) is 4.39 Å². The number of halogens is 11. The van der Waals surface area contributed by atoms with Gasteiger partial charge < -0.3 is 4.74 Å². The zero-order valence-electron chi connectivity index (χ0n) is 75.5. The molecule has 0 aliphatic heterocycles. The second-order valence-electron chi connectivity index (χ2n) is 32.5. The summed E-state index contributed by atoms with van der Waals surface area (Å²) in [7, 11) is 1.60. The molecule has 1 nitrogen and oxygen atoms in total. The molecule has 0 bridgehead atoms. The summed E-state index contributed by atoms with van der Waals surface area (Å²) < 4.78 is 20.5. The van der Waals surface area contributed by atoms with E-state index in [0.717, 1.165) is 66.0 Å². The van der Waals surface area contributed by atoms with Gasteiger partial charge in [0.05, 0.1) is 17.2 Å². The zero-order valence-corrected chi connectivity index (χ0v) is 86.1. The van der Waals surface area contributed by atoms with Gasteiger partial charge in [-0.2, -0.15) is 11.3 Å². The van der Waals surface area contributed by atoms with Crippen LogP contribution >= 0.6 is 143 Å². The quantitative estimate of drug-likeness (QED) is 0.0986. The van der Waals surface area contributed by atoms with Gasteiger partial charge in [0.15, 0.2) is 0 Å². The molecule has 0 amide bonds. The minimum absolute atomic E-state index is 0.209. The summed E-state index contributed by atoms with van der Waals surface area (Å²) in [6.07, 6.45) is 2.22. The molecule has 0 radical (unpaired) electrons. The summed E-state index contributed by atoms with van der Waals surface area (Å²) >= 11 is 54.8. The van der Waals surface area contributed by atoms with Gasteiger partial charge in [-0.05, 0) is 311 Å². The van der Waals surface area contributed by atoms with Crippen LogP contribution in [0.25, 0.3) is 0 Å². The molecule has 0 unspecified atom stereocenters. The van der Waals surface area contributed by atoms with Crippen molar-refractivity contribution in [2.24, 2.45) is 5.92 Å².